The van der Waals surface area contributed by atoms with E-state index in [2.05, 4.69) is 10.3 Å². The number of nitrogens with one attached hydrogen (secondary N) is 1. The molecule has 5 heteroatoms. The van der Waals surface area contributed by atoms with Crippen molar-refractivity contribution in [2.45, 2.75) is 13.5 Å². The van der Waals surface area contributed by atoms with Gasteiger partial charge in [0.2, 0.25) is 0 Å². The van der Waals surface area contributed by atoms with Crippen molar-refractivity contribution in [3.05, 3.63) is 94.0 Å². The molecule has 24 heavy (non-hydrogen) atoms. The second-order valence-electron chi connectivity index (χ2n) is 5.51. The van der Waals surface area contributed by atoms with E-state index in [9.17, 15) is 9.59 Å². The van der Waals surface area contributed by atoms with Crippen molar-refractivity contribution in [1.82, 2.24) is 9.55 Å². The number of hydrogen-bond donors (Lipinski definition) is 1. The molecule has 0 aliphatic heterocycles. The van der Waals surface area contributed by atoms with Gasteiger partial charge < -0.3 is 9.88 Å². The molecule has 0 bridgehead atoms. The van der Waals surface area contributed by atoms with Crippen molar-refractivity contribution in [3.63, 3.8) is 0 Å². The predicted molar refractivity (Wildman–Crippen MR) is 93.2 cm³/mol. The number of aromatic nitrogens is 2. The Labute approximate surface area is 139 Å². The summed E-state index contributed by atoms with van der Waals surface area (Å²) in [5, 5.41) is 2.67. The van der Waals surface area contributed by atoms with Crippen LogP contribution in [0.1, 0.15) is 21.5 Å². The largest absolute Gasteiger partial charge is 0.310 e. The molecule has 0 unspecified atom stereocenters. The Bertz CT molecular complexity index is 917. The third kappa shape index (κ3) is 3.57. The van der Waals surface area contributed by atoms with Gasteiger partial charge in [0.25, 0.3) is 11.5 Å². The van der Waals surface area contributed by atoms with Gasteiger partial charge in [0.05, 0.1) is 6.54 Å². The van der Waals surface area contributed by atoms with Crippen LogP contribution in [0.5, 0.6) is 0 Å². The van der Waals surface area contributed by atoms with Crippen LogP contribution in [0.2, 0.25) is 0 Å². The summed E-state index contributed by atoms with van der Waals surface area (Å²) in [5.41, 5.74) is 1.75. The van der Waals surface area contributed by atoms with E-state index in [0.717, 1.165) is 11.1 Å². The summed E-state index contributed by atoms with van der Waals surface area (Å²) in [5.74, 6) is -0.0293. The maximum absolute atomic E-state index is 12.6. The number of pyridine rings is 2. The van der Waals surface area contributed by atoms with Gasteiger partial charge in [-0.1, -0.05) is 30.3 Å². The van der Waals surface area contributed by atoms with Crippen molar-refractivity contribution in [2.24, 2.45) is 0 Å². The van der Waals surface area contributed by atoms with Gasteiger partial charge in [-0.25, -0.2) is 4.98 Å². The van der Waals surface area contributed by atoms with Crippen molar-refractivity contribution in [1.29, 1.82) is 0 Å². The summed E-state index contributed by atoms with van der Waals surface area (Å²) in [7, 11) is 0. The monoisotopic (exact) mass is 319 g/mol. The van der Waals surface area contributed by atoms with E-state index in [-0.39, 0.29) is 11.1 Å². The van der Waals surface area contributed by atoms with E-state index < -0.39 is 5.91 Å². The number of rotatable bonds is 4. The highest BCUT2D eigenvalue weighted by Gasteiger charge is 2.13. The van der Waals surface area contributed by atoms with Crippen LogP contribution >= 0.6 is 0 Å². The summed E-state index contributed by atoms with van der Waals surface area (Å²) >= 11 is 0. The minimum absolute atomic E-state index is 0.0942. The summed E-state index contributed by atoms with van der Waals surface area (Å²) in [4.78, 5) is 29.0. The Balaban J connectivity index is 1.85. The van der Waals surface area contributed by atoms with Gasteiger partial charge in [-0.3, -0.25) is 9.59 Å². The van der Waals surface area contributed by atoms with Crippen LogP contribution < -0.4 is 10.9 Å². The molecular weight excluding hydrogens is 302 g/mol. The fraction of sp³-hybridized carbons (Fsp3) is 0.105. The molecule has 5 nitrogen and oxygen atoms in total. The summed E-state index contributed by atoms with van der Waals surface area (Å²) in [6.07, 6.45) is 3.29. The number of anilines is 1. The van der Waals surface area contributed by atoms with Crippen molar-refractivity contribution in [2.75, 3.05) is 5.32 Å². The number of nitrogens with zero attached hydrogens (tertiary/aromatic N) is 2. The molecule has 2 heterocycles. The molecule has 0 aliphatic carbocycles. The summed E-state index contributed by atoms with van der Waals surface area (Å²) < 4.78 is 1.52. The molecule has 0 aliphatic rings. The molecule has 1 N–H and O–H groups in total. The first-order valence-electron chi connectivity index (χ1n) is 7.61. The predicted octanol–water partition coefficient (Wildman–Crippen LogP) is 2.85. The summed E-state index contributed by atoms with van der Waals surface area (Å²) in [6, 6.07) is 16.4. The fourth-order valence-corrected chi connectivity index (χ4v) is 2.40. The Kier molecular flexibility index (Phi) is 4.52. The van der Waals surface area contributed by atoms with E-state index in [4.69, 9.17) is 0 Å². The van der Waals surface area contributed by atoms with Gasteiger partial charge in [0.1, 0.15) is 11.4 Å². The Morgan fingerprint density at radius 2 is 1.92 bits per heavy atom. The molecular formula is C19H17N3O2. The zero-order chi connectivity index (χ0) is 16.9. The maximum Gasteiger partial charge on any atom is 0.263 e. The molecule has 0 atom stereocenters. The highest BCUT2D eigenvalue weighted by molar-refractivity contribution is 6.03. The zero-order valence-electron chi connectivity index (χ0n) is 13.3. The van der Waals surface area contributed by atoms with E-state index in [1.54, 1.807) is 24.5 Å². The van der Waals surface area contributed by atoms with Crippen LogP contribution in [-0.4, -0.2) is 15.5 Å². The quantitative estimate of drug-likeness (QED) is 0.804. The fourth-order valence-electron chi connectivity index (χ4n) is 2.40. The van der Waals surface area contributed by atoms with Crippen LogP contribution in [0.25, 0.3) is 0 Å². The lowest BCUT2D eigenvalue weighted by Crippen LogP contribution is -2.29. The molecule has 0 saturated heterocycles. The molecule has 3 aromatic rings. The molecule has 0 saturated carbocycles. The number of amides is 1. The molecule has 0 fully saturated rings. The maximum atomic E-state index is 12.6. The van der Waals surface area contributed by atoms with E-state index in [1.807, 2.05) is 43.3 Å². The zero-order valence-corrected chi connectivity index (χ0v) is 13.3. The SMILES string of the molecule is Cc1ccnc(NC(=O)c2cccn(Cc3ccccc3)c2=O)c1. The lowest BCUT2D eigenvalue weighted by Gasteiger charge is -2.09. The van der Waals surface area contributed by atoms with Gasteiger partial charge >= 0.3 is 0 Å². The molecule has 120 valence electrons. The number of carbonyl (C=O) groups is 1. The second kappa shape index (κ2) is 6.91. The Hall–Kier alpha value is -3.21. The van der Waals surface area contributed by atoms with Crippen LogP contribution in [-0.2, 0) is 6.54 Å². The molecule has 1 amide bonds. The number of aryl methyl sites for hydroxylation is 1. The van der Waals surface area contributed by atoms with Gasteiger partial charge in [-0.2, -0.15) is 0 Å². The molecule has 3 rings (SSSR count). The Morgan fingerprint density at radius 3 is 2.67 bits per heavy atom. The molecule has 0 spiro atoms. The van der Waals surface area contributed by atoms with Crippen LogP contribution in [0, 0.1) is 6.92 Å². The average molecular weight is 319 g/mol. The highest BCUT2D eigenvalue weighted by atomic mass is 16.2. The van der Waals surface area contributed by atoms with E-state index in [0.29, 0.717) is 12.4 Å². The highest BCUT2D eigenvalue weighted by Crippen LogP contribution is 2.07. The third-order valence-electron chi connectivity index (χ3n) is 3.62. The number of benzene rings is 1. The van der Waals surface area contributed by atoms with Crippen LogP contribution in [0.15, 0.2) is 71.8 Å². The lowest BCUT2D eigenvalue weighted by atomic mass is 10.2. The van der Waals surface area contributed by atoms with E-state index >= 15 is 0 Å². The van der Waals surface area contributed by atoms with Crippen molar-refractivity contribution in [3.8, 4) is 0 Å². The summed E-state index contributed by atoms with van der Waals surface area (Å²) in [6.45, 7) is 2.33. The molecule has 1 aromatic carbocycles. The van der Waals surface area contributed by atoms with Gasteiger partial charge in [-0.15, -0.1) is 0 Å². The second-order valence-corrected chi connectivity index (χ2v) is 5.51. The van der Waals surface area contributed by atoms with E-state index in [1.165, 1.54) is 10.6 Å². The Morgan fingerprint density at radius 1 is 1.12 bits per heavy atom. The normalized spacial score (nSPS) is 10.4. The standard InChI is InChI=1S/C19H17N3O2/c1-14-9-10-20-17(12-14)21-18(23)16-8-5-11-22(19(16)24)13-15-6-3-2-4-7-15/h2-12H,13H2,1H3,(H,20,21,23). The number of carbonyl (C=O) groups excluding carboxylic acids is 1. The number of hydrogen-bond acceptors (Lipinski definition) is 3. The first-order valence-corrected chi connectivity index (χ1v) is 7.61. The minimum Gasteiger partial charge on any atom is -0.310 e. The van der Waals surface area contributed by atoms with Crippen LogP contribution in [0.4, 0.5) is 5.82 Å². The topological polar surface area (TPSA) is 64.0 Å². The third-order valence-corrected chi connectivity index (χ3v) is 3.62. The smallest absolute Gasteiger partial charge is 0.263 e. The lowest BCUT2D eigenvalue weighted by molar-refractivity contribution is 0.102. The van der Waals surface area contributed by atoms with Crippen molar-refractivity contribution < 1.29 is 4.79 Å². The minimum atomic E-state index is -0.458. The van der Waals surface area contributed by atoms with Crippen LogP contribution in [0.3, 0.4) is 0 Å². The average Bonchev–Trinajstić information content (AvgIpc) is 2.57. The van der Waals surface area contributed by atoms with Gasteiger partial charge in [0, 0.05) is 12.4 Å². The van der Waals surface area contributed by atoms with Gasteiger partial charge in [0.15, 0.2) is 0 Å². The first-order chi connectivity index (χ1) is 11.6. The molecule has 2 aromatic heterocycles. The first kappa shape index (κ1) is 15.7. The van der Waals surface area contributed by atoms with Gasteiger partial charge in [-0.05, 0) is 42.3 Å². The van der Waals surface area contributed by atoms with Crippen molar-refractivity contribution >= 4 is 11.7 Å². The molecule has 0 radical (unpaired) electrons.